The SMILES string of the molecule is CN(C)CCNC1=CC(=O)c2nc(-c3cccc(F)c3F)oc2C1=O. The van der Waals surface area contributed by atoms with Gasteiger partial charge in [0, 0.05) is 19.2 Å². The molecule has 0 unspecified atom stereocenters. The summed E-state index contributed by atoms with van der Waals surface area (Å²) >= 11 is 0. The molecule has 1 aliphatic carbocycles. The van der Waals surface area contributed by atoms with Gasteiger partial charge in [-0.1, -0.05) is 6.07 Å². The van der Waals surface area contributed by atoms with Crippen molar-refractivity contribution >= 4 is 11.6 Å². The number of ketones is 2. The Hall–Kier alpha value is -2.87. The van der Waals surface area contributed by atoms with Gasteiger partial charge in [0.25, 0.3) is 0 Å². The fraction of sp³-hybridized carbons (Fsp3) is 0.235. The zero-order chi connectivity index (χ0) is 18.1. The maximum absolute atomic E-state index is 13.9. The Morgan fingerprint density at radius 2 is 2.00 bits per heavy atom. The zero-order valence-corrected chi connectivity index (χ0v) is 13.6. The summed E-state index contributed by atoms with van der Waals surface area (Å²) in [7, 11) is 3.75. The molecular weight excluding hydrogens is 332 g/mol. The minimum atomic E-state index is -1.15. The zero-order valence-electron chi connectivity index (χ0n) is 13.6. The van der Waals surface area contributed by atoms with Gasteiger partial charge < -0.3 is 14.6 Å². The summed E-state index contributed by atoms with van der Waals surface area (Å²) in [5.74, 6) is -3.91. The van der Waals surface area contributed by atoms with Gasteiger partial charge in [0.05, 0.1) is 11.3 Å². The van der Waals surface area contributed by atoms with E-state index in [-0.39, 0.29) is 28.6 Å². The molecule has 3 rings (SSSR count). The highest BCUT2D eigenvalue weighted by molar-refractivity contribution is 6.22. The van der Waals surface area contributed by atoms with Gasteiger partial charge in [0.1, 0.15) is 0 Å². The van der Waals surface area contributed by atoms with E-state index in [1.165, 1.54) is 12.1 Å². The summed E-state index contributed by atoms with van der Waals surface area (Å²) in [6, 6.07) is 3.49. The second-order valence-corrected chi connectivity index (χ2v) is 5.78. The lowest BCUT2D eigenvalue weighted by molar-refractivity contribution is 0.0956. The Morgan fingerprint density at radius 3 is 2.72 bits per heavy atom. The third-order valence-electron chi connectivity index (χ3n) is 3.64. The number of carbonyl (C=O) groups is 2. The van der Waals surface area contributed by atoms with Crippen LogP contribution in [0, 0.1) is 11.6 Å². The van der Waals surface area contributed by atoms with Crippen molar-refractivity contribution < 1.29 is 22.8 Å². The molecule has 1 aromatic carbocycles. The van der Waals surface area contributed by atoms with Crippen molar-refractivity contribution in [3.63, 3.8) is 0 Å². The molecule has 25 heavy (non-hydrogen) atoms. The highest BCUT2D eigenvalue weighted by Crippen LogP contribution is 2.29. The number of benzene rings is 1. The molecule has 0 radical (unpaired) electrons. The number of Topliss-reactive ketones (excluding diaryl/α,β-unsaturated/α-hetero) is 1. The molecule has 0 amide bonds. The van der Waals surface area contributed by atoms with E-state index in [2.05, 4.69) is 10.3 Å². The third-order valence-corrected chi connectivity index (χ3v) is 3.64. The highest BCUT2D eigenvalue weighted by Gasteiger charge is 2.32. The monoisotopic (exact) mass is 347 g/mol. The van der Waals surface area contributed by atoms with E-state index in [0.29, 0.717) is 13.1 Å². The lowest BCUT2D eigenvalue weighted by atomic mass is 10.0. The van der Waals surface area contributed by atoms with Crippen molar-refractivity contribution in [2.24, 2.45) is 0 Å². The van der Waals surface area contributed by atoms with Gasteiger partial charge in [-0.15, -0.1) is 0 Å². The van der Waals surface area contributed by atoms with E-state index in [9.17, 15) is 18.4 Å². The largest absolute Gasteiger partial charge is 0.432 e. The molecule has 2 aromatic rings. The number of fused-ring (bicyclic) bond motifs is 1. The van der Waals surface area contributed by atoms with Crippen molar-refractivity contribution in [2.45, 2.75) is 0 Å². The summed E-state index contributed by atoms with van der Waals surface area (Å²) in [5, 5.41) is 2.87. The lowest BCUT2D eigenvalue weighted by Crippen LogP contribution is -2.31. The summed E-state index contributed by atoms with van der Waals surface area (Å²) in [4.78, 5) is 30.4. The number of nitrogens with zero attached hydrogens (tertiary/aromatic N) is 2. The van der Waals surface area contributed by atoms with Crippen LogP contribution in [0.5, 0.6) is 0 Å². The molecule has 0 saturated heterocycles. The van der Waals surface area contributed by atoms with Gasteiger partial charge in [0.2, 0.25) is 23.2 Å². The minimum Gasteiger partial charge on any atom is -0.432 e. The number of likely N-dealkylation sites (N-methyl/N-ethyl adjacent to an activating group) is 1. The van der Waals surface area contributed by atoms with Crippen molar-refractivity contribution in [3.05, 3.63) is 53.1 Å². The maximum Gasteiger partial charge on any atom is 0.246 e. The topological polar surface area (TPSA) is 75.4 Å². The molecule has 1 heterocycles. The molecule has 0 saturated carbocycles. The van der Waals surface area contributed by atoms with E-state index in [0.717, 1.165) is 12.1 Å². The Morgan fingerprint density at radius 1 is 1.24 bits per heavy atom. The summed E-state index contributed by atoms with van der Waals surface area (Å²) in [6.07, 6.45) is 1.13. The number of hydrogen-bond donors (Lipinski definition) is 1. The van der Waals surface area contributed by atoms with Crippen LogP contribution in [0.1, 0.15) is 21.0 Å². The molecule has 0 aliphatic heterocycles. The smallest absolute Gasteiger partial charge is 0.246 e. The van der Waals surface area contributed by atoms with Crippen LogP contribution in [0.15, 0.2) is 34.4 Å². The number of oxazole rings is 1. The van der Waals surface area contributed by atoms with Crippen LogP contribution in [0.3, 0.4) is 0 Å². The predicted octanol–water partition coefficient (Wildman–Crippen LogP) is 2.03. The van der Waals surface area contributed by atoms with Crippen molar-refractivity contribution in [1.29, 1.82) is 0 Å². The molecule has 1 N–H and O–H groups in total. The summed E-state index contributed by atoms with van der Waals surface area (Å²) in [6.45, 7) is 1.11. The number of hydrogen-bond acceptors (Lipinski definition) is 6. The minimum absolute atomic E-state index is 0.0850. The summed E-state index contributed by atoms with van der Waals surface area (Å²) < 4.78 is 32.5. The number of allylic oxidation sites excluding steroid dienone is 2. The third kappa shape index (κ3) is 3.20. The molecule has 8 heteroatoms. The van der Waals surface area contributed by atoms with Gasteiger partial charge >= 0.3 is 0 Å². The van der Waals surface area contributed by atoms with E-state index in [1.54, 1.807) is 0 Å². The molecule has 0 atom stereocenters. The van der Waals surface area contributed by atoms with Crippen LogP contribution in [0.2, 0.25) is 0 Å². The summed E-state index contributed by atoms with van der Waals surface area (Å²) in [5.41, 5.74) is -0.374. The number of rotatable bonds is 5. The molecular formula is C17H15F2N3O3. The Kier molecular flexibility index (Phi) is 4.45. The first-order valence-corrected chi connectivity index (χ1v) is 7.53. The van der Waals surface area contributed by atoms with E-state index in [1.807, 2.05) is 19.0 Å². The standard InChI is InChI=1S/C17H15F2N3O3/c1-22(2)7-6-20-11-8-12(23)14-16(15(11)24)25-17(21-14)9-4-3-5-10(18)13(9)19/h3-5,8,20H,6-7H2,1-2H3. The number of aromatic nitrogens is 1. The lowest BCUT2D eigenvalue weighted by Gasteiger charge is -2.14. The second kappa shape index (κ2) is 6.56. The first-order chi connectivity index (χ1) is 11.9. The van der Waals surface area contributed by atoms with Crippen LogP contribution in [0.25, 0.3) is 11.5 Å². The van der Waals surface area contributed by atoms with Crippen LogP contribution >= 0.6 is 0 Å². The molecule has 130 valence electrons. The predicted molar refractivity (Wildman–Crippen MR) is 85.2 cm³/mol. The van der Waals surface area contributed by atoms with Crippen LogP contribution in [0.4, 0.5) is 8.78 Å². The Labute approximate surface area is 142 Å². The van der Waals surface area contributed by atoms with Gasteiger partial charge in [-0.25, -0.2) is 13.8 Å². The van der Waals surface area contributed by atoms with Crippen LogP contribution < -0.4 is 5.32 Å². The highest BCUT2D eigenvalue weighted by atomic mass is 19.2. The van der Waals surface area contributed by atoms with Gasteiger partial charge in [0.15, 0.2) is 17.3 Å². The van der Waals surface area contributed by atoms with E-state index < -0.39 is 23.2 Å². The quantitative estimate of drug-likeness (QED) is 0.892. The van der Waals surface area contributed by atoms with Crippen molar-refractivity contribution in [2.75, 3.05) is 27.2 Å². The maximum atomic E-state index is 13.9. The normalized spacial score (nSPS) is 13.9. The Bertz CT molecular complexity index is 887. The second-order valence-electron chi connectivity index (χ2n) is 5.78. The van der Waals surface area contributed by atoms with Gasteiger partial charge in [-0.05, 0) is 26.2 Å². The first-order valence-electron chi connectivity index (χ1n) is 7.53. The molecule has 0 spiro atoms. The van der Waals surface area contributed by atoms with E-state index >= 15 is 0 Å². The van der Waals surface area contributed by atoms with E-state index in [4.69, 9.17) is 4.42 Å². The average molecular weight is 347 g/mol. The molecule has 1 aliphatic rings. The fourth-order valence-corrected chi connectivity index (χ4v) is 2.36. The number of nitrogens with one attached hydrogen (secondary N) is 1. The fourth-order valence-electron chi connectivity index (χ4n) is 2.36. The molecule has 6 nitrogen and oxygen atoms in total. The Balaban J connectivity index is 1.91. The van der Waals surface area contributed by atoms with Crippen molar-refractivity contribution in [1.82, 2.24) is 15.2 Å². The first kappa shape index (κ1) is 17.0. The molecule has 1 aromatic heterocycles. The molecule has 0 bridgehead atoms. The number of halogens is 2. The number of carbonyl (C=O) groups excluding carboxylic acids is 2. The molecule has 0 fully saturated rings. The van der Waals surface area contributed by atoms with Gasteiger partial charge in [-0.3, -0.25) is 9.59 Å². The average Bonchev–Trinajstić information content (AvgIpc) is 3.00. The van der Waals surface area contributed by atoms with Crippen molar-refractivity contribution in [3.8, 4) is 11.5 Å². The van der Waals surface area contributed by atoms with Crippen LogP contribution in [-0.4, -0.2) is 48.6 Å². The van der Waals surface area contributed by atoms with Gasteiger partial charge in [-0.2, -0.15) is 0 Å². The van der Waals surface area contributed by atoms with Crippen LogP contribution in [-0.2, 0) is 0 Å².